The Hall–Kier alpha value is -1.68. The molecule has 0 saturated heterocycles. The van der Waals surface area contributed by atoms with Crippen molar-refractivity contribution < 1.29 is 22.7 Å². The maximum Gasteiger partial charge on any atom is 0.412 e. The Labute approximate surface area is 145 Å². The minimum Gasteiger partial charge on any atom is -0.444 e. The number of anilines is 1. The highest BCUT2D eigenvalue weighted by atomic mass is 32.1. The van der Waals surface area contributed by atoms with Gasteiger partial charge in [-0.2, -0.15) is 13.2 Å². The van der Waals surface area contributed by atoms with E-state index in [1.54, 1.807) is 20.8 Å². The summed E-state index contributed by atoms with van der Waals surface area (Å²) in [4.78, 5) is 19.1. The van der Waals surface area contributed by atoms with Crippen molar-refractivity contribution in [1.29, 1.82) is 0 Å². The molecule has 1 unspecified atom stereocenters. The molecule has 0 fully saturated rings. The van der Waals surface area contributed by atoms with Crippen LogP contribution in [0.1, 0.15) is 39.2 Å². The topological polar surface area (TPSA) is 67.0 Å². The van der Waals surface area contributed by atoms with Crippen molar-refractivity contribution >= 4 is 45.7 Å². The number of nitrogens with one attached hydrogen (secondary N) is 2. The Morgan fingerprint density at radius 2 is 2.04 bits per heavy atom. The van der Waals surface area contributed by atoms with Gasteiger partial charge in [0.15, 0.2) is 3.95 Å². The smallest absolute Gasteiger partial charge is 0.412 e. The van der Waals surface area contributed by atoms with Crippen LogP contribution in [0.5, 0.6) is 0 Å². The first-order chi connectivity index (χ1) is 10.9. The zero-order chi connectivity index (χ0) is 18.3. The molecule has 2 aromatic rings. The van der Waals surface area contributed by atoms with Crippen molar-refractivity contribution in [3.63, 3.8) is 0 Å². The number of aromatic amines is 1. The maximum absolute atomic E-state index is 13.3. The summed E-state index contributed by atoms with van der Waals surface area (Å²) in [6.07, 6.45) is -4.16. The maximum atomic E-state index is 13.3. The molecular weight excluding hydrogens is 363 g/mol. The number of halogens is 3. The summed E-state index contributed by atoms with van der Waals surface area (Å²) in [5.74, 6) is -1.83. The summed E-state index contributed by atoms with van der Waals surface area (Å²) in [6.45, 7) is 5.99. The standard InChI is InChI=1S/C14H16F3N3O2S2/c1-6(14(15,16)17)8-7(19-11(21)22-13(2,3)4)5-18-10-9(8)20-12(23)24-10/h5-6H,1-4H3,(H,19,21)(H,20,23). The molecule has 0 aliphatic heterocycles. The molecule has 2 N–H and O–H groups in total. The monoisotopic (exact) mass is 379 g/mol. The van der Waals surface area contributed by atoms with Crippen LogP contribution in [0, 0.1) is 3.95 Å². The van der Waals surface area contributed by atoms with Crippen molar-refractivity contribution in [3.05, 3.63) is 15.7 Å². The van der Waals surface area contributed by atoms with Gasteiger partial charge in [0.25, 0.3) is 0 Å². The van der Waals surface area contributed by atoms with Gasteiger partial charge < -0.3 is 9.72 Å². The minimum absolute atomic E-state index is 0.0642. The Bertz CT molecular complexity index is 821. The lowest BCUT2D eigenvalue weighted by atomic mass is 9.99. The molecule has 24 heavy (non-hydrogen) atoms. The number of pyridine rings is 1. The summed E-state index contributed by atoms with van der Waals surface area (Å²) in [6, 6.07) is 0. The molecule has 0 bridgehead atoms. The highest BCUT2D eigenvalue weighted by molar-refractivity contribution is 7.73. The lowest BCUT2D eigenvalue weighted by Gasteiger charge is -2.22. The summed E-state index contributed by atoms with van der Waals surface area (Å²) in [7, 11) is 0. The number of ether oxygens (including phenoxy) is 1. The first-order valence-electron chi connectivity index (χ1n) is 6.97. The molecule has 2 heterocycles. The number of rotatable bonds is 2. The predicted molar refractivity (Wildman–Crippen MR) is 89.1 cm³/mol. The molecule has 5 nitrogen and oxygen atoms in total. The van der Waals surface area contributed by atoms with Crippen LogP contribution in [0.25, 0.3) is 10.3 Å². The highest BCUT2D eigenvalue weighted by Crippen LogP contribution is 2.41. The largest absolute Gasteiger partial charge is 0.444 e. The molecule has 0 aromatic carbocycles. The van der Waals surface area contributed by atoms with Crippen molar-refractivity contribution in [2.75, 3.05) is 5.32 Å². The van der Waals surface area contributed by atoms with Gasteiger partial charge >= 0.3 is 12.3 Å². The zero-order valence-corrected chi connectivity index (χ0v) is 15.0. The normalized spacial score (nSPS) is 13.8. The first-order valence-corrected chi connectivity index (χ1v) is 8.19. The molecule has 0 aliphatic carbocycles. The fourth-order valence-electron chi connectivity index (χ4n) is 2.05. The van der Waals surface area contributed by atoms with Crippen LogP contribution >= 0.6 is 23.6 Å². The number of alkyl halides is 3. The number of carbonyl (C=O) groups excluding carboxylic acids is 1. The average Bonchev–Trinajstić information content (AvgIpc) is 2.74. The molecule has 10 heteroatoms. The molecule has 0 spiro atoms. The number of hydrogen-bond donors (Lipinski definition) is 2. The van der Waals surface area contributed by atoms with Gasteiger partial charge in [0.05, 0.1) is 23.3 Å². The quantitative estimate of drug-likeness (QED) is 0.689. The van der Waals surface area contributed by atoms with Crippen LogP contribution in [0.4, 0.5) is 23.7 Å². The molecule has 0 saturated carbocycles. The number of amides is 1. The summed E-state index contributed by atoms with van der Waals surface area (Å²) >= 11 is 6.05. The number of hydrogen-bond acceptors (Lipinski definition) is 5. The lowest BCUT2D eigenvalue weighted by Crippen LogP contribution is -2.28. The molecular formula is C14H16F3N3O2S2. The van der Waals surface area contributed by atoms with E-state index in [1.807, 2.05) is 0 Å². The number of aromatic nitrogens is 2. The van der Waals surface area contributed by atoms with E-state index < -0.39 is 23.8 Å². The van der Waals surface area contributed by atoms with Crippen LogP contribution in [0.3, 0.4) is 0 Å². The molecule has 0 aliphatic rings. The van der Waals surface area contributed by atoms with Crippen molar-refractivity contribution in [3.8, 4) is 0 Å². The third-order valence-electron chi connectivity index (χ3n) is 3.06. The molecule has 132 valence electrons. The van der Waals surface area contributed by atoms with Crippen LogP contribution in [0.15, 0.2) is 6.20 Å². The van der Waals surface area contributed by atoms with Crippen molar-refractivity contribution in [2.45, 2.75) is 45.4 Å². The van der Waals surface area contributed by atoms with E-state index >= 15 is 0 Å². The fraction of sp³-hybridized carbons (Fsp3) is 0.500. The van der Waals surface area contributed by atoms with Gasteiger partial charge in [-0.25, -0.2) is 9.78 Å². The van der Waals surface area contributed by atoms with E-state index in [9.17, 15) is 18.0 Å². The second-order valence-corrected chi connectivity index (χ2v) is 7.84. The Balaban J connectivity index is 2.53. The SMILES string of the molecule is CC(c1c(NC(=O)OC(C)(C)C)cnc2sc(=S)[nH]c12)C(F)(F)F. The number of thiazole rings is 1. The van der Waals surface area contributed by atoms with Crippen LogP contribution in [-0.4, -0.2) is 27.8 Å². The van der Waals surface area contributed by atoms with Gasteiger partial charge in [0.2, 0.25) is 0 Å². The van der Waals surface area contributed by atoms with Gasteiger partial charge in [-0.15, -0.1) is 0 Å². The fourth-order valence-corrected chi connectivity index (χ4v) is 3.08. The van der Waals surface area contributed by atoms with E-state index in [1.165, 1.54) is 6.20 Å². The Kier molecular flexibility index (Phi) is 4.91. The van der Waals surface area contributed by atoms with Crippen LogP contribution < -0.4 is 5.32 Å². The van der Waals surface area contributed by atoms with E-state index in [4.69, 9.17) is 17.0 Å². The van der Waals surface area contributed by atoms with E-state index in [0.29, 0.717) is 8.78 Å². The van der Waals surface area contributed by atoms with E-state index in [0.717, 1.165) is 18.3 Å². The second-order valence-electron chi connectivity index (χ2n) is 6.17. The van der Waals surface area contributed by atoms with Gasteiger partial charge in [0, 0.05) is 5.56 Å². The minimum atomic E-state index is -4.49. The van der Waals surface area contributed by atoms with E-state index in [-0.39, 0.29) is 16.8 Å². The van der Waals surface area contributed by atoms with Crippen LogP contribution in [-0.2, 0) is 4.74 Å². The molecule has 1 atom stereocenters. The number of H-pyrrole nitrogens is 1. The summed E-state index contributed by atoms with van der Waals surface area (Å²) in [5, 5.41) is 2.35. The molecule has 2 aromatic heterocycles. The Morgan fingerprint density at radius 3 is 2.58 bits per heavy atom. The van der Waals surface area contributed by atoms with Crippen molar-refractivity contribution in [1.82, 2.24) is 9.97 Å². The third-order valence-corrected chi connectivity index (χ3v) is 4.20. The first kappa shape index (κ1) is 18.7. The van der Waals surface area contributed by atoms with Crippen LogP contribution in [0.2, 0.25) is 0 Å². The number of fused-ring (bicyclic) bond motifs is 1. The zero-order valence-electron chi connectivity index (χ0n) is 13.4. The van der Waals surface area contributed by atoms with Gasteiger partial charge in [-0.1, -0.05) is 11.3 Å². The number of carbonyl (C=O) groups is 1. The van der Waals surface area contributed by atoms with Gasteiger partial charge in [-0.05, 0) is 39.9 Å². The molecule has 1 amide bonds. The molecule has 2 rings (SSSR count). The molecule has 0 radical (unpaired) electrons. The summed E-state index contributed by atoms with van der Waals surface area (Å²) in [5.41, 5.74) is -0.792. The Morgan fingerprint density at radius 1 is 1.42 bits per heavy atom. The summed E-state index contributed by atoms with van der Waals surface area (Å²) < 4.78 is 45.2. The van der Waals surface area contributed by atoms with Gasteiger partial charge in [0.1, 0.15) is 10.4 Å². The highest BCUT2D eigenvalue weighted by Gasteiger charge is 2.40. The van der Waals surface area contributed by atoms with Crippen molar-refractivity contribution in [2.24, 2.45) is 0 Å². The average molecular weight is 379 g/mol. The predicted octanol–water partition coefficient (Wildman–Crippen LogP) is 5.37. The van der Waals surface area contributed by atoms with E-state index in [2.05, 4.69) is 15.3 Å². The second kappa shape index (κ2) is 6.32. The third kappa shape index (κ3) is 4.23. The lowest BCUT2D eigenvalue weighted by molar-refractivity contribution is -0.145. The van der Waals surface area contributed by atoms with Gasteiger partial charge in [-0.3, -0.25) is 5.32 Å². The number of nitrogens with zero attached hydrogens (tertiary/aromatic N) is 1.